The molecule has 1 N–H and O–H groups in total. The van der Waals surface area contributed by atoms with E-state index >= 15 is 0 Å². The number of amides is 1. The number of ether oxygens (including phenoxy) is 3. The van der Waals surface area contributed by atoms with E-state index in [1.807, 2.05) is 19.1 Å². The molecule has 0 aliphatic carbocycles. The molecule has 3 aromatic carbocycles. The van der Waals surface area contributed by atoms with Crippen molar-refractivity contribution >= 4 is 42.4 Å². The van der Waals surface area contributed by atoms with Gasteiger partial charge >= 0.3 is 0 Å². The first kappa shape index (κ1) is 25.5. The number of sulfone groups is 1. The van der Waals surface area contributed by atoms with E-state index in [1.165, 1.54) is 23.5 Å². The lowest BCUT2D eigenvalue weighted by Gasteiger charge is -2.19. The van der Waals surface area contributed by atoms with Crippen LogP contribution in [-0.4, -0.2) is 39.3 Å². The van der Waals surface area contributed by atoms with Gasteiger partial charge in [-0.15, -0.1) is 0 Å². The van der Waals surface area contributed by atoms with Gasteiger partial charge in [-0.3, -0.25) is 10.1 Å². The quantitative estimate of drug-likeness (QED) is 0.321. The molecule has 0 spiro atoms. The molecule has 0 saturated heterocycles. The highest BCUT2D eigenvalue weighted by atomic mass is 32.2. The molecule has 1 aromatic heterocycles. The molecule has 0 bridgehead atoms. The summed E-state index contributed by atoms with van der Waals surface area (Å²) < 4.78 is 42.5. The monoisotopic (exact) mass is 526 g/mol. The molecule has 0 radical (unpaired) electrons. The second kappa shape index (κ2) is 10.5. The van der Waals surface area contributed by atoms with Crippen molar-refractivity contribution in [3.8, 4) is 17.2 Å². The summed E-state index contributed by atoms with van der Waals surface area (Å²) in [5.74, 6) is 1.02. The van der Waals surface area contributed by atoms with Crippen molar-refractivity contribution in [1.29, 1.82) is 0 Å². The Morgan fingerprint density at radius 1 is 1.03 bits per heavy atom. The SMILES string of the molecule is CCS(=O)(=O)c1cccc(C(Oc2ccc(C)cc2)C(=O)Nc2nc3cc(OC)c(OC)cc3s2)c1. The molecule has 1 unspecified atom stereocenters. The minimum absolute atomic E-state index is 0.0508. The Balaban J connectivity index is 1.69. The summed E-state index contributed by atoms with van der Waals surface area (Å²) in [5.41, 5.74) is 2.09. The number of aryl methyl sites for hydroxylation is 1. The van der Waals surface area contributed by atoms with Crippen LogP contribution in [0, 0.1) is 6.92 Å². The second-order valence-corrected chi connectivity index (χ2v) is 11.3. The van der Waals surface area contributed by atoms with Gasteiger partial charge in [0.1, 0.15) is 5.75 Å². The fourth-order valence-electron chi connectivity index (χ4n) is 3.54. The first-order chi connectivity index (χ1) is 17.2. The highest BCUT2D eigenvalue weighted by molar-refractivity contribution is 7.91. The van der Waals surface area contributed by atoms with E-state index in [0.29, 0.717) is 33.5 Å². The van der Waals surface area contributed by atoms with E-state index in [0.717, 1.165) is 10.3 Å². The Hall–Kier alpha value is -3.63. The van der Waals surface area contributed by atoms with Gasteiger partial charge in [-0.2, -0.15) is 0 Å². The number of carbonyl (C=O) groups excluding carboxylic acids is 1. The minimum Gasteiger partial charge on any atom is -0.493 e. The molecule has 4 aromatic rings. The van der Waals surface area contributed by atoms with Crippen molar-refractivity contribution in [2.45, 2.75) is 24.8 Å². The molecule has 0 aliphatic heterocycles. The lowest BCUT2D eigenvalue weighted by Crippen LogP contribution is -2.26. The second-order valence-electron chi connectivity index (χ2n) is 7.97. The molecule has 188 valence electrons. The van der Waals surface area contributed by atoms with E-state index in [9.17, 15) is 13.2 Å². The van der Waals surface area contributed by atoms with Crippen molar-refractivity contribution in [1.82, 2.24) is 4.98 Å². The maximum Gasteiger partial charge on any atom is 0.271 e. The molecule has 8 nitrogen and oxygen atoms in total. The van der Waals surface area contributed by atoms with Crippen molar-refractivity contribution in [2.24, 2.45) is 0 Å². The summed E-state index contributed by atoms with van der Waals surface area (Å²) >= 11 is 1.28. The van der Waals surface area contributed by atoms with Gasteiger partial charge in [-0.1, -0.05) is 48.1 Å². The van der Waals surface area contributed by atoms with Crippen LogP contribution in [0.15, 0.2) is 65.6 Å². The standard InChI is InChI=1S/C26H26N2O6S2/c1-5-36(30,31)19-8-6-7-17(13-19)24(34-18-11-9-16(2)10-12-18)25(29)28-26-27-20-14-21(32-3)22(33-4)15-23(20)35-26/h6-15,24H,5H2,1-4H3,(H,27,28,29). The van der Waals surface area contributed by atoms with Gasteiger partial charge in [-0.25, -0.2) is 13.4 Å². The molecular weight excluding hydrogens is 500 g/mol. The normalized spacial score (nSPS) is 12.2. The number of thiazole rings is 1. The average Bonchev–Trinajstić information content (AvgIpc) is 3.28. The maximum atomic E-state index is 13.5. The Kier molecular flexibility index (Phi) is 7.46. The number of benzene rings is 3. The summed E-state index contributed by atoms with van der Waals surface area (Å²) in [4.78, 5) is 18.1. The summed E-state index contributed by atoms with van der Waals surface area (Å²) in [6.07, 6.45) is -1.12. The van der Waals surface area contributed by atoms with Crippen LogP contribution in [0.25, 0.3) is 10.2 Å². The lowest BCUT2D eigenvalue weighted by atomic mass is 10.1. The summed E-state index contributed by atoms with van der Waals surface area (Å²) in [6.45, 7) is 3.52. The van der Waals surface area contributed by atoms with Gasteiger partial charge in [0.25, 0.3) is 5.91 Å². The van der Waals surface area contributed by atoms with E-state index in [4.69, 9.17) is 14.2 Å². The van der Waals surface area contributed by atoms with Crippen LogP contribution in [0.1, 0.15) is 24.2 Å². The number of nitrogens with one attached hydrogen (secondary N) is 1. The van der Waals surface area contributed by atoms with Gasteiger partial charge in [0.15, 0.2) is 26.5 Å². The first-order valence-corrected chi connectivity index (χ1v) is 13.6. The van der Waals surface area contributed by atoms with Gasteiger partial charge in [0.05, 0.1) is 35.1 Å². The largest absolute Gasteiger partial charge is 0.493 e. The van der Waals surface area contributed by atoms with Crippen LogP contribution in [0.4, 0.5) is 5.13 Å². The molecular formula is C26H26N2O6S2. The summed E-state index contributed by atoms with van der Waals surface area (Å²) in [5, 5.41) is 3.18. The van der Waals surface area contributed by atoms with Crippen LogP contribution in [0.2, 0.25) is 0 Å². The van der Waals surface area contributed by atoms with E-state index in [1.54, 1.807) is 57.5 Å². The summed E-state index contributed by atoms with van der Waals surface area (Å²) in [6, 6.07) is 17.1. The number of methoxy groups -OCH3 is 2. The Morgan fingerprint density at radius 2 is 1.72 bits per heavy atom. The first-order valence-electron chi connectivity index (χ1n) is 11.1. The third-order valence-corrected chi connectivity index (χ3v) is 8.20. The van der Waals surface area contributed by atoms with E-state index in [2.05, 4.69) is 10.3 Å². The van der Waals surface area contributed by atoms with Gasteiger partial charge in [0.2, 0.25) is 6.10 Å². The highest BCUT2D eigenvalue weighted by Crippen LogP contribution is 2.36. The Labute approximate surface area is 213 Å². The molecule has 4 rings (SSSR count). The van der Waals surface area contributed by atoms with Gasteiger partial charge < -0.3 is 14.2 Å². The highest BCUT2D eigenvalue weighted by Gasteiger charge is 2.26. The third kappa shape index (κ3) is 5.44. The lowest BCUT2D eigenvalue weighted by molar-refractivity contribution is -0.123. The van der Waals surface area contributed by atoms with Crippen LogP contribution in [0.3, 0.4) is 0 Å². The van der Waals surface area contributed by atoms with Gasteiger partial charge in [0, 0.05) is 17.7 Å². The number of carbonyl (C=O) groups is 1. The number of nitrogens with zero attached hydrogens (tertiary/aromatic N) is 1. The molecule has 1 heterocycles. The number of rotatable bonds is 9. The fourth-order valence-corrected chi connectivity index (χ4v) is 5.36. The zero-order valence-corrected chi connectivity index (χ0v) is 21.9. The molecule has 1 atom stereocenters. The molecule has 10 heteroatoms. The number of fused-ring (bicyclic) bond motifs is 1. The topological polar surface area (TPSA) is 104 Å². The Bertz CT molecular complexity index is 1460. The maximum absolute atomic E-state index is 13.5. The molecule has 0 aliphatic rings. The average molecular weight is 527 g/mol. The van der Waals surface area contributed by atoms with Crippen molar-refractivity contribution in [2.75, 3.05) is 25.3 Å². The number of anilines is 1. The van der Waals surface area contributed by atoms with Crippen molar-refractivity contribution in [3.63, 3.8) is 0 Å². The predicted molar refractivity (Wildman–Crippen MR) is 140 cm³/mol. The van der Waals surface area contributed by atoms with Crippen molar-refractivity contribution in [3.05, 3.63) is 71.8 Å². The number of hydrogen-bond acceptors (Lipinski definition) is 8. The Morgan fingerprint density at radius 3 is 2.39 bits per heavy atom. The van der Waals surface area contributed by atoms with Crippen LogP contribution in [-0.2, 0) is 14.6 Å². The van der Waals surface area contributed by atoms with E-state index < -0.39 is 21.8 Å². The van der Waals surface area contributed by atoms with Crippen LogP contribution < -0.4 is 19.5 Å². The molecule has 0 saturated carbocycles. The number of hydrogen-bond donors (Lipinski definition) is 1. The van der Waals surface area contributed by atoms with E-state index in [-0.39, 0.29) is 10.6 Å². The minimum atomic E-state index is -3.47. The molecule has 0 fully saturated rings. The zero-order valence-electron chi connectivity index (χ0n) is 20.3. The third-order valence-electron chi connectivity index (χ3n) is 5.54. The van der Waals surface area contributed by atoms with Gasteiger partial charge in [-0.05, 0) is 31.2 Å². The molecule has 36 heavy (non-hydrogen) atoms. The van der Waals surface area contributed by atoms with Crippen molar-refractivity contribution < 1.29 is 27.4 Å². The molecule has 1 amide bonds. The summed E-state index contributed by atoms with van der Waals surface area (Å²) in [7, 11) is -0.380. The van der Waals surface area contributed by atoms with Crippen LogP contribution >= 0.6 is 11.3 Å². The smallest absolute Gasteiger partial charge is 0.271 e. The fraction of sp³-hybridized carbons (Fsp3) is 0.231. The number of aromatic nitrogens is 1. The van der Waals surface area contributed by atoms with Crippen LogP contribution in [0.5, 0.6) is 17.2 Å². The predicted octanol–water partition coefficient (Wildman–Crippen LogP) is 5.17. The zero-order chi connectivity index (χ0) is 25.9.